The second-order valence-corrected chi connectivity index (χ2v) is 17.0. The fourth-order valence-corrected chi connectivity index (χ4v) is 12.1. The lowest BCUT2D eigenvalue weighted by Gasteiger charge is -2.71. The van der Waals surface area contributed by atoms with Crippen LogP contribution in [0.1, 0.15) is 105 Å². The molecule has 3 N–H and O–H groups in total. The molecule has 4 saturated carbocycles. The smallest absolute Gasteiger partial charge is 0.331 e. The first-order valence-electron chi connectivity index (χ1n) is 17.3. The van der Waals surface area contributed by atoms with Gasteiger partial charge in [0.2, 0.25) is 0 Å². The molecular formula is C39H54O6. The lowest BCUT2D eigenvalue weighted by molar-refractivity contribution is -0.238. The van der Waals surface area contributed by atoms with Gasteiger partial charge in [-0.15, -0.1) is 0 Å². The fourth-order valence-electron chi connectivity index (χ4n) is 12.1. The second-order valence-electron chi connectivity index (χ2n) is 17.0. The Morgan fingerprint density at radius 2 is 1.62 bits per heavy atom. The van der Waals surface area contributed by atoms with Crippen LogP contribution in [-0.4, -0.2) is 39.5 Å². The molecule has 4 fully saturated rings. The fraction of sp³-hybridized carbons (Fsp3) is 0.692. The predicted molar refractivity (Wildman–Crippen MR) is 175 cm³/mol. The molecule has 0 unspecified atom stereocenters. The van der Waals surface area contributed by atoms with E-state index in [2.05, 4.69) is 54.5 Å². The van der Waals surface area contributed by atoms with E-state index in [4.69, 9.17) is 4.74 Å². The monoisotopic (exact) mass is 618 g/mol. The van der Waals surface area contributed by atoms with E-state index in [1.807, 2.05) is 0 Å². The summed E-state index contributed by atoms with van der Waals surface area (Å²) in [6.45, 7) is 16.2. The number of hydrogen-bond acceptors (Lipinski definition) is 5. The van der Waals surface area contributed by atoms with Crippen LogP contribution in [0, 0.1) is 56.7 Å². The maximum atomic E-state index is 13.0. The van der Waals surface area contributed by atoms with Gasteiger partial charge in [-0.2, -0.15) is 0 Å². The summed E-state index contributed by atoms with van der Waals surface area (Å²) in [7, 11) is 0. The molecule has 0 spiro atoms. The van der Waals surface area contributed by atoms with Crippen molar-refractivity contribution in [3.05, 3.63) is 47.6 Å². The number of aliphatic carboxylic acids is 1. The summed E-state index contributed by atoms with van der Waals surface area (Å²) >= 11 is 0. The number of carbonyl (C=O) groups excluding carboxylic acids is 1. The van der Waals surface area contributed by atoms with Gasteiger partial charge in [-0.25, -0.2) is 4.79 Å². The van der Waals surface area contributed by atoms with Crippen LogP contribution in [0.25, 0.3) is 6.08 Å². The Bertz CT molecular complexity index is 1410. The summed E-state index contributed by atoms with van der Waals surface area (Å²) in [6, 6.07) is 6.62. The van der Waals surface area contributed by atoms with Crippen molar-refractivity contribution in [2.75, 3.05) is 0 Å². The van der Waals surface area contributed by atoms with Gasteiger partial charge in [-0.1, -0.05) is 72.2 Å². The largest absolute Gasteiger partial charge is 0.508 e. The Kier molecular flexibility index (Phi) is 7.70. The number of allylic oxidation sites excluding steroid dienone is 2. The third-order valence-corrected chi connectivity index (χ3v) is 14.9. The van der Waals surface area contributed by atoms with Gasteiger partial charge < -0.3 is 20.1 Å². The van der Waals surface area contributed by atoms with Crippen LogP contribution < -0.4 is 0 Å². The molecule has 0 saturated heterocycles. The van der Waals surface area contributed by atoms with Crippen molar-refractivity contribution < 1.29 is 29.6 Å². The maximum absolute atomic E-state index is 13.0. The van der Waals surface area contributed by atoms with Crippen LogP contribution in [-0.2, 0) is 14.3 Å². The minimum absolute atomic E-state index is 0.0143. The van der Waals surface area contributed by atoms with Crippen LogP contribution in [0.5, 0.6) is 5.75 Å². The van der Waals surface area contributed by atoms with Gasteiger partial charge in [-0.05, 0) is 121 Å². The zero-order valence-corrected chi connectivity index (χ0v) is 28.3. The number of ether oxygens (including phenoxy) is 1. The number of hydrogen-bond donors (Lipinski definition) is 3. The first kappa shape index (κ1) is 32.3. The summed E-state index contributed by atoms with van der Waals surface area (Å²) in [5, 5.41) is 32.0. The summed E-state index contributed by atoms with van der Waals surface area (Å²) < 4.78 is 6.05. The highest BCUT2D eigenvalue weighted by molar-refractivity contribution is 5.87. The number of aromatic hydroxyl groups is 1. The molecule has 0 heterocycles. The van der Waals surface area contributed by atoms with Crippen LogP contribution in [0.2, 0.25) is 0 Å². The number of esters is 1. The van der Waals surface area contributed by atoms with Gasteiger partial charge in [0.05, 0.1) is 11.5 Å². The van der Waals surface area contributed by atoms with Crippen molar-refractivity contribution in [3.8, 4) is 5.75 Å². The van der Waals surface area contributed by atoms with Crippen LogP contribution in [0.4, 0.5) is 0 Å². The molecule has 5 aliphatic rings. The number of fused-ring (bicyclic) bond motifs is 7. The average Bonchev–Trinajstić information content (AvgIpc) is 2.97. The van der Waals surface area contributed by atoms with Gasteiger partial charge in [0.1, 0.15) is 11.9 Å². The highest BCUT2D eigenvalue weighted by Crippen LogP contribution is 2.75. The van der Waals surface area contributed by atoms with Gasteiger partial charge in [0, 0.05) is 11.5 Å². The molecule has 6 heteroatoms. The molecule has 0 aromatic heterocycles. The summed E-state index contributed by atoms with van der Waals surface area (Å²) in [6.07, 6.45) is 11.1. The maximum Gasteiger partial charge on any atom is 0.331 e. The molecule has 1 aromatic rings. The van der Waals surface area contributed by atoms with Crippen LogP contribution >= 0.6 is 0 Å². The van der Waals surface area contributed by atoms with Gasteiger partial charge in [0.25, 0.3) is 0 Å². The van der Waals surface area contributed by atoms with Crippen molar-refractivity contribution in [1.29, 1.82) is 0 Å². The molecule has 246 valence electrons. The quantitative estimate of drug-likeness (QED) is 0.179. The van der Waals surface area contributed by atoms with E-state index in [0.29, 0.717) is 24.2 Å². The number of phenolic OH excluding ortho intramolecular Hbond substituents is 1. The predicted octanol–water partition coefficient (Wildman–Crippen LogP) is 8.03. The highest BCUT2D eigenvalue weighted by Gasteiger charge is 2.70. The Morgan fingerprint density at radius 1 is 0.933 bits per heavy atom. The first-order valence-corrected chi connectivity index (χ1v) is 17.3. The van der Waals surface area contributed by atoms with Crippen molar-refractivity contribution >= 4 is 18.0 Å². The molecule has 5 aliphatic carbocycles. The average molecular weight is 619 g/mol. The van der Waals surface area contributed by atoms with E-state index in [1.54, 1.807) is 30.3 Å². The van der Waals surface area contributed by atoms with Gasteiger partial charge in [0.15, 0.2) is 0 Å². The minimum atomic E-state index is -0.780. The number of rotatable bonds is 4. The normalized spacial score (nSPS) is 45.3. The molecule has 1 aromatic carbocycles. The van der Waals surface area contributed by atoms with Crippen molar-refractivity contribution in [1.82, 2.24) is 0 Å². The molecule has 6 rings (SSSR count). The van der Waals surface area contributed by atoms with Crippen molar-refractivity contribution in [2.45, 2.75) is 112 Å². The molecule has 0 amide bonds. The molecular weight excluding hydrogens is 564 g/mol. The van der Waals surface area contributed by atoms with E-state index >= 15 is 0 Å². The van der Waals surface area contributed by atoms with E-state index in [1.165, 1.54) is 11.6 Å². The number of aliphatic hydroxyl groups excluding tert-OH is 1. The SMILES string of the molecule is C[C@H]1[C@H](C)CC[C@]2(C(=O)O)CC[C@]3(C)C(=CC[C@@H]4[C@@]5(C)C[C@@H](O)[C@H](OC(=O)C=Cc6ccc(O)cc6)C(C)(C)[C@@H]5CC[C@]43C)[C@H]12. The van der Waals surface area contributed by atoms with E-state index in [9.17, 15) is 24.9 Å². The zero-order chi connectivity index (χ0) is 32.7. The second kappa shape index (κ2) is 10.7. The number of aliphatic hydroxyl groups is 1. The topological polar surface area (TPSA) is 104 Å². The standard InChI is InChI=1S/C39H54O6/c1-23-16-19-39(34(43)44)21-20-37(6)27(32(39)24(23)2)13-14-30-36(5)22-28(41)33(35(3,4)29(36)17-18-38(30,37)7)45-31(42)15-10-25-8-11-26(40)12-9-25/h8-13,15,23-24,28-30,32-33,40-41H,14,16-22H2,1-7H3,(H,43,44)/t23-,24+,28-,29+,30-,32+,33+,36+,37-,38-,39+/m1/s1. The number of carbonyl (C=O) groups is 2. The molecule has 45 heavy (non-hydrogen) atoms. The van der Waals surface area contributed by atoms with E-state index < -0.39 is 35.0 Å². The molecule has 0 bridgehead atoms. The number of carboxylic acid groups (broad SMARTS) is 1. The van der Waals surface area contributed by atoms with E-state index in [-0.39, 0.29) is 33.8 Å². The van der Waals surface area contributed by atoms with Crippen molar-refractivity contribution in [3.63, 3.8) is 0 Å². The summed E-state index contributed by atoms with van der Waals surface area (Å²) in [5.74, 6) is 0.617. The molecule has 0 radical (unpaired) electrons. The van der Waals surface area contributed by atoms with E-state index in [0.717, 1.165) is 50.5 Å². The first-order chi connectivity index (χ1) is 21.0. The minimum Gasteiger partial charge on any atom is -0.508 e. The third-order valence-electron chi connectivity index (χ3n) is 14.9. The number of phenols is 1. The van der Waals surface area contributed by atoms with Gasteiger partial charge >= 0.3 is 11.9 Å². The Morgan fingerprint density at radius 3 is 2.29 bits per heavy atom. The summed E-state index contributed by atoms with van der Waals surface area (Å²) in [4.78, 5) is 26.0. The number of benzene rings is 1. The third kappa shape index (κ3) is 4.58. The molecule has 6 nitrogen and oxygen atoms in total. The van der Waals surface area contributed by atoms with Crippen LogP contribution in [0.15, 0.2) is 42.0 Å². The van der Waals surface area contributed by atoms with Crippen molar-refractivity contribution in [2.24, 2.45) is 56.7 Å². The molecule has 11 atom stereocenters. The zero-order valence-electron chi connectivity index (χ0n) is 28.3. The lowest BCUT2D eigenvalue weighted by Crippen LogP contribution is -2.67. The Hall–Kier alpha value is -2.60. The van der Waals surface area contributed by atoms with Gasteiger partial charge in [-0.3, -0.25) is 4.79 Å². The van der Waals surface area contributed by atoms with Crippen LogP contribution in [0.3, 0.4) is 0 Å². The Labute approximate surface area is 269 Å². The number of carboxylic acids is 1. The highest BCUT2D eigenvalue weighted by atomic mass is 16.6. The Balaban J connectivity index is 1.29. The summed E-state index contributed by atoms with van der Waals surface area (Å²) in [5.41, 5.74) is 0.857. The molecule has 0 aliphatic heterocycles. The lowest BCUT2D eigenvalue weighted by atomic mass is 9.33.